The Morgan fingerprint density at radius 2 is 1.76 bits per heavy atom. The summed E-state index contributed by atoms with van der Waals surface area (Å²) in [6.07, 6.45) is 1.42. The van der Waals surface area contributed by atoms with Crippen LogP contribution in [-0.4, -0.2) is 16.9 Å². The maximum atomic E-state index is 14.3. The van der Waals surface area contributed by atoms with Crippen LogP contribution < -0.4 is 15.0 Å². The van der Waals surface area contributed by atoms with Crippen LogP contribution in [0.15, 0.2) is 72.3 Å². The molecule has 2 amide bonds. The molecule has 0 spiro atoms. The van der Waals surface area contributed by atoms with Crippen LogP contribution in [0.5, 0.6) is 5.75 Å². The van der Waals surface area contributed by atoms with Gasteiger partial charge in [-0.15, -0.1) is 0 Å². The molecule has 0 saturated carbocycles. The average molecular weight is 576 g/mol. The zero-order valence-electron chi connectivity index (χ0n) is 16.8. The lowest BCUT2D eigenvalue weighted by atomic mass is 10.1. The van der Waals surface area contributed by atoms with Crippen LogP contribution in [0.25, 0.3) is 6.08 Å². The van der Waals surface area contributed by atoms with Gasteiger partial charge in [-0.1, -0.05) is 30.3 Å². The average Bonchev–Trinajstić information content (AvgIpc) is 2.78. The van der Waals surface area contributed by atoms with Crippen LogP contribution in [0.3, 0.4) is 0 Å². The highest BCUT2D eigenvalue weighted by Crippen LogP contribution is 2.27. The lowest BCUT2D eigenvalue weighted by Crippen LogP contribution is -2.54. The van der Waals surface area contributed by atoms with Crippen molar-refractivity contribution in [2.75, 3.05) is 4.90 Å². The van der Waals surface area contributed by atoms with Crippen molar-refractivity contribution in [3.05, 3.63) is 98.6 Å². The Balaban J connectivity index is 1.57. The van der Waals surface area contributed by atoms with Crippen molar-refractivity contribution in [2.45, 2.75) is 6.61 Å². The number of hydrogen-bond donors (Lipinski definition) is 1. The van der Waals surface area contributed by atoms with Crippen molar-refractivity contribution in [3.8, 4) is 5.75 Å². The minimum Gasteiger partial charge on any atom is -0.488 e. The molecule has 3 aromatic carbocycles. The van der Waals surface area contributed by atoms with Gasteiger partial charge in [0.05, 0.1) is 9.26 Å². The molecule has 0 aromatic heterocycles. The summed E-state index contributed by atoms with van der Waals surface area (Å²) >= 11 is 7.17. The molecule has 166 valence electrons. The molecule has 0 atom stereocenters. The molecule has 9 heteroatoms. The molecular formula is C24H15F2IN2O3S. The maximum Gasteiger partial charge on any atom is 0.270 e. The van der Waals surface area contributed by atoms with E-state index in [4.69, 9.17) is 17.0 Å². The number of amides is 2. The Labute approximate surface area is 207 Å². The number of hydrogen-bond acceptors (Lipinski definition) is 4. The first-order valence-corrected chi connectivity index (χ1v) is 11.1. The molecule has 0 unspecified atom stereocenters. The maximum absolute atomic E-state index is 14.3. The molecule has 1 aliphatic rings. The number of nitrogens with zero attached hydrogens (tertiary/aromatic N) is 1. The van der Waals surface area contributed by atoms with E-state index in [1.807, 2.05) is 0 Å². The molecule has 1 N–H and O–H groups in total. The van der Waals surface area contributed by atoms with Gasteiger partial charge in [-0.05, 0) is 88.4 Å². The van der Waals surface area contributed by atoms with Crippen LogP contribution >= 0.6 is 34.8 Å². The van der Waals surface area contributed by atoms with Gasteiger partial charge in [0, 0.05) is 0 Å². The summed E-state index contributed by atoms with van der Waals surface area (Å²) in [5.74, 6) is -1.75. The van der Waals surface area contributed by atoms with E-state index in [1.165, 1.54) is 36.4 Å². The van der Waals surface area contributed by atoms with Crippen molar-refractivity contribution in [1.82, 2.24) is 5.32 Å². The Bertz CT molecular complexity index is 1300. The van der Waals surface area contributed by atoms with Gasteiger partial charge >= 0.3 is 0 Å². The highest BCUT2D eigenvalue weighted by molar-refractivity contribution is 14.1. The van der Waals surface area contributed by atoms with E-state index in [0.29, 0.717) is 11.3 Å². The number of anilines is 1. The summed E-state index contributed by atoms with van der Waals surface area (Å²) in [4.78, 5) is 26.4. The fourth-order valence-corrected chi connectivity index (χ4v) is 4.11. The molecule has 33 heavy (non-hydrogen) atoms. The molecule has 1 fully saturated rings. The number of nitrogens with one attached hydrogen (secondary N) is 1. The van der Waals surface area contributed by atoms with Crippen molar-refractivity contribution in [1.29, 1.82) is 0 Å². The van der Waals surface area contributed by atoms with Gasteiger partial charge in [0.25, 0.3) is 11.8 Å². The second-order valence-electron chi connectivity index (χ2n) is 7.01. The predicted molar refractivity (Wildman–Crippen MR) is 132 cm³/mol. The number of para-hydroxylation sites is 1. The molecule has 0 radical (unpaired) electrons. The molecule has 0 aliphatic carbocycles. The van der Waals surface area contributed by atoms with Crippen LogP contribution in [-0.2, 0) is 16.2 Å². The Kier molecular flexibility index (Phi) is 6.80. The van der Waals surface area contributed by atoms with E-state index in [-0.39, 0.29) is 28.8 Å². The standard InChI is InChI=1S/C24H15F2IN2O3S/c25-16-8-5-14(6-9-16)13-32-21-10-7-15(12-19(21)27)11-17-22(30)28-24(33)29(23(17)31)20-4-2-1-3-18(20)26/h1-12H,13H2,(H,28,30,33)/b17-11+. The third-order valence-corrected chi connectivity index (χ3v) is 5.90. The number of carbonyl (C=O) groups is 2. The molecule has 4 rings (SSSR count). The Morgan fingerprint density at radius 3 is 2.45 bits per heavy atom. The third-order valence-electron chi connectivity index (χ3n) is 4.77. The summed E-state index contributed by atoms with van der Waals surface area (Å²) in [7, 11) is 0. The van der Waals surface area contributed by atoms with E-state index >= 15 is 0 Å². The molecule has 1 aliphatic heterocycles. The molecule has 5 nitrogen and oxygen atoms in total. The fourth-order valence-electron chi connectivity index (χ4n) is 3.14. The smallest absolute Gasteiger partial charge is 0.270 e. The lowest BCUT2D eigenvalue weighted by Gasteiger charge is -2.29. The van der Waals surface area contributed by atoms with Crippen LogP contribution in [0.4, 0.5) is 14.5 Å². The van der Waals surface area contributed by atoms with Crippen molar-refractivity contribution < 1.29 is 23.1 Å². The van der Waals surface area contributed by atoms with Crippen LogP contribution in [0.2, 0.25) is 0 Å². The molecule has 1 saturated heterocycles. The fraction of sp³-hybridized carbons (Fsp3) is 0.0417. The predicted octanol–water partition coefficient (Wildman–Crippen LogP) is 4.98. The first-order valence-electron chi connectivity index (χ1n) is 9.66. The Hall–Kier alpha value is -3.18. The van der Waals surface area contributed by atoms with Gasteiger partial charge in [0.1, 0.15) is 29.6 Å². The number of benzene rings is 3. The summed E-state index contributed by atoms with van der Waals surface area (Å²) in [6.45, 7) is 0.257. The van der Waals surface area contributed by atoms with E-state index in [2.05, 4.69) is 27.9 Å². The highest BCUT2D eigenvalue weighted by atomic mass is 127. The van der Waals surface area contributed by atoms with Crippen LogP contribution in [0, 0.1) is 15.2 Å². The number of halogens is 3. The zero-order chi connectivity index (χ0) is 23.5. The van der Waals surface area contributed by atoms with Gasteiger partial charge in [-0.2, -0.15) is 0 Å². The SMILES string of the molecule is O=C1NC(=S)N(c2ccccc2F)C(=O)/C1=C/c1ccc(OCc2ccc(F)cc2)c(I)c1. The largest absolute Gasteiger partial charge is 0.488 e. The quantitative estimate of drug-likeness (QED) is 0.202. The Morgan fingerprint density at radius 1 is 1.03 bits per heavy atom. The normalized spacial score (nSPS) is 15.1. The van der Waals surface area contributed by atoms with Gasteiger partial charge in [-0.3, -0.25) is 14.9 Å². The first kappa shape index (κ1) is 23.0. The van der Waals surface area contributed by atoms with Gasteiger partial charge in [-0.25, -0.2) is 13.7 Å². The zero-order valence-corrected chi connectivity index (χ0v) is 19.8. The molecule has 1 heterocycles. The van der Waals surface area contributed by atoms with E-state index < -0.39 is 17.6 Å². The van der Waals surface area contributed by atoms with Gasteiger partial charge in [0.2, 0.25) is 0 Å². The first-order chi connectivity index (χ1) is 15.8. The van der Waals surface area contributed by atoms with Crippen LogP contribution in [0.1, 0.15) is 11.1 Å². The van der Waals surface area contributed by atoms with Gasteiger partial charge in [0.15, 0.2) is 5.11 Å². The number of rotatable bonds is 5. The number of thiocarbonyl (C=S) groups is 1. The van der Waals surface area contributed by atoms with Gasteiger partial charge < -0.3 is 4.74 Å². The number of carbonyl (C=O) groups excluding carboxylic acids is 2. The second-order valence-corrected chi connectivity index (χ2v) is 8.56. The highest BCUT2D eigenvalue weighted by Gasteiger charge is 2.35. The molecule has 3 aromatic rings. The van der Waals surface area contributed by atoms with Crippen molar-refractivity contribution >= 4 is 63.5 Å². The summed E-state index contributed by atoms with van der Waals surface area (Å²) in [5, 5.41) is 2.25. The monoisotopic (exact) mass is 576 g/mol. The minimum atomic E-state index is -0.722. The molecule has 0 bridgehead atoms. The topological polar surface area (TPSA) is 58.6 Å². The number of ether oxygens (including phenoxy) is 1. The minimum absolute atomic E-state index is 0.0440. The van der Waals surface area contributed by atoms with Crippen molar-refractivity contribution in [2.24, 2.45) is 0 Å². The molecular weight excluding hydrogens is 561 g/mol. The van der Waals surface area contributed by atoms with E-state index in [9.17, 15) is 18.4 Å². The summed E-state index contributed by atoms with van der Waals surface area (Å²) in [5.41, 5.74) is 1.17. The third kappa shape index (κ3) is 5.09. The van der Waals surface area contributed by atoms with E-state index in [0.717, 1.165) is 14.0 Å². The lowest BCUT2D eigenvalue weighted by molar-refractivity contribution is -0.122. The summed E-state index contributed by atoms with van der Waals surface area (Å²) in [6, 6.07) is 16.8. The second kappa shape index (κ2) is 9.75. The summed E-state index contributed by atoms with van der Waals surface area (Å²) < 4.78 is 33.8. The van der Waals surface area contributed by atoms with Crippen molar-refractivity contribution in [3.63, 3.8) is 0 Å². The van der Waals surface area contributed by atoms with E-state index in [1.54, 1.807) is 36.4 Å².